The molecule has 2 N–H and O–H groups in total. The zero-order valence-electron chi connectivity index (χ0n) is 19.2. The summed E-state index contributed by atoms with van der Waals surface area (Å²) in [4.78, 5) is 17.2. The summed E-state index contributed by atoms with van der Waals surface area (Å²) in [5.74, 6) is 1.82. The van der Waals surface area contributed by atoms with Gasteiger partial charge in [-0.15, -0.1) is 0 Å². The van der Waals surface area contributed by atoms with E-state index in [0.29, 0.717) is 18.1 Å². The Balaban J connectivity index is 1.42. The van der Waals surface area contributed by atoms with E-state index in [4.69, 9.17) is 4.74 Å². The van der Waals surface area contributed by atoms with Gasteiger partial charge in [0, 0.05) is 22.7 Å². The van der Waals surface area contributed by atoms with Crippen LogP contribution in [0, 0.1) is 18.8 Å². The topological polar surface area (TPSA) is 71.5 Å². The fraction of sp³-hybridized carbons (Fsp3) is 0.556. The van der Waals surface area contributed by atoms with Crippen molar-refractivity contribution in [2.24, 2.45) is 11.8 Å². The number of carbonyl (C=O) groups is 1. The van der Waals surface area contributed by atoms with E-state index < -0.39 is 5.60 Å². The van der Waals surface area contributed by atoms with Gasteiger partial charge in [-0.05, 0) is 81.5 Å². The Morgan fingerprint density at radius 1 is 1.25 bits per heavy atom. The lowest BCUT2D eigenvalue weighted by molar-refractivity contribution is -0.0574. The molecule has 2 heterocycles. The highest BCUT2D eigenvalue weighted by atomic mass is 16.5. The molecule has 170 valence electrons. The molecule has 2 aromatic rings. The molecule has 1 amide bonds. The smallest absolute Gasteiger partial charge is 0.255 e. The first kappa shape index (κ1) is 21.4. The second-order valence-corrected chi connectivity index (χ2v) is 10.2. The molecule has 1 aromatic carbocycles. The van der Waals surface area contributed by atoms with Gasteiger partial charge in [0.2, 0.25) is 0 Å². The summed E-state index contributed by atoms with van der Waals surface area (Å²) < 4.78 is 6.22. The minimum atomic E-state index is -0.517. The van der Waals surface area contributed by atoms with Gasteiger partial charge in [-0.2, -0.15) is 0 Å². The number of pyridine rings is 1. The second kappa shape index (κ2) is 8.18. The van der Waals surface area contributed by atoms with Crippen molar-refractivity contribution in [1.82, 2.24) is 4.98 Å². The van der Waals surface area contributed by atoms with Crippen LogP contribution in [-0.4, -0.2) is 28.2 Å². The second-order valence-electron chi connectivity index (χ2n) is 10.2. The van der Waals surface area contributed by atoms with Crippen molar-refractivity contribution in [3.63, 3.8) is 0 Å². The van der Waals surface area contributed by atoms with Gasteiger partial charge in [0.15, 0.2) is 0 Å². The summed E-state index contributed by atoms with van der Waals surface area (Å²) in [6.45, 7) is 4.78. The van der Waals surface area contributed by atoms with Crippen LogP contribution in [0.15, 0.2) is 36.5 Å². The largest absolute Gasteiger partial charge is 0.493 e. The molecular weight excluding hydrogens is 400 g/mol. The minimum absolute atomic E-state index is 0.0105. The first-order valence-electron chi connectivity index (χ1n) is 12.2. The van der Waals surface area contributed by atoms with Gasteiger partial charge >= 0.3 is 0 Å². The quantitative estimate of drug-likeness (QED) is 0.661. The maximum absolute atomic E-state index is 12.9. The fourth-order valence-electron chi connectivity index (χ4n) is 6.17. The van der Waals surface area contributed by atoms with Gasteiger partial charge < -0.3 is 15.2 Å². The molecule has 3 atom stereocenters. The maximum Gasteiger partial charge on any atom is 0.255 e. The molecule has 5 nitrogen and oxygen atoms in total. The zero-order valence-corrected chi connectivity index (χ0v) is 19.2. The minimum Gasteiger partial charge on any atom is -0.493 e. The maximum atomic E-state index is 12.9. The molecule has 1 aromatic heterocycles. The Bertz CT molecular complexity index is 1020. The summed E-state index contributed by atoms with van der Waals surface area (Å²) in [5, 5.41) is 14.3. The molecule has 0 bridgehead atoms. The van der Waals surface area contributed by atoms with Gasteiger partial charge in [0.25, 0.3) is 5.91 Å². The Morgan fingerprint density at radius 2 is 2.09 bits per heavy atom. The lowest BCUT2D eigenvalue weighted by Gasteiger charge is -2.49. The number of carbonyl (C=O) groups excluding carboxylic acids is 1. The lowest BCUT2D eigenvalue weighted by Crippen LogP contribution is -2.47. The van der Waals surface area contributed by atoms with Crippen molar-refractivity contribution in [2.45, 2.75) is 76.2 Å². The highest BCUT2D eigenvalue weighted by molar-refractivity contribution is 6.04. The average Bonchev–Trinajstić information content (AvgIpc) is 3.60. The third-order valence-corrected chi connectivity index (χ3v) is 8.20. The van der Waals surface area contributed by atoms with E-state index in [1.54, 1.807) is 6.20 Å². The van der Waals surface area contributed by atoms with E-state index in [0.717, 1.165) is 61.6 Å². The number of aromatic nitrogens is 1. The van der Waals surface area contributed by atoms with Crippen molar-refractivity contribution >= 4 is 11.6 Å². The number of nitrogens with one attached hydrogen (secondary N) is 1. The molecule has 2 fully saturated rings. The van der Waals surface area contributed by atoms with Gasteiger partial charge in [-0.1, -0.05) is 25.8 Å². The van der Waals surface area contributed by atoms with Gasteiger partial charge in [-0.3, -0.25) is 9.78 Å². The third-order valence-electron chi connectivity index (χ3n) is 8.20. The number of aryl methyl sites for hydroxylation is 1. The first-order chi connectivity index (χ1) is 15.4. The molecule has 2 saturated carbocycles. The van der Waals surface area contributed by atoms with Crippen molar-refractivity contribution in [1.29, 1.82) is 0 Å². The van der Waals surface area contributed by atoms with E-state index in [2.05, 4.69) is 23.3 Å². The number of hydrogen-bond acceptors (Lipinski definition) is 4. The Morgan fingerprint density at radius 3 is 2.84 bits per heavy atom. The van der Waals surface area contributed by atoms with Crippen LogP contribution >= 0.6 is 0 Å². The van der Waals surface area contributed by atoms with Crippen LogP contribution in [0.1, 0.15) is 79.9 Å². The number of amides is 1. The lowest BCUT2D eigenvalue weighted by atomic mass is 9.56. The Kier molecular flexibility index (Phi) is 5.48. The number of nitrogens with zero attached hydrogens (tertiary/aromatic N) is 1. The molecule has 5 rings (SSSR count). The summed E-state index contributed by atoms with van der Waals surface area (Å²) in [5.41, 5.74) is 2.82. The molecule has 32 heavy (non-hydrogen) atoms. The van der Waals surface area contributed by atoms with Crippen molar-refractivity contribution in [3.8, 4) is 5.75 Å². The highest BCUT2D eigenvalue weighted by Crippen LogP contribution is 2.56. The first-order valence-corrected chi connectivity index (χ1v) is 12.2. The molecule has 0 saturated heterocycles. The van der Waals surface area contributed by atoms with Crippen LogP contribution < -0.4 is 10.1 Å². The van der Waals surface area contributed by atoms with Crippen LogP contribution in [0.4, 0.5) is 5.69 Å². The summed E-state index contributed by atoms with van der Waals surface area (Å²) >= 11 is 0. The molecule has 0 radical (unpaired) electrons. The predicted octanol–water partition coefficient (Wildman–Crippen LogP) is 5.40. The molecule has 3 aliphatic rings. The number of ether oxygens (including phenoxy) is 1. The zero-order chi connectivity index (χ0) is 22.3. The number of benzene rings is 1. The predicted molar refractivity (Wildman–Crippen MR) is 125 cm³/mol. The van der Waals surface area contributed by atoms with Crippen LogP contribution in [-0.2, 0) is 5.41 Å². The fourth-order valence-corrected chi connectivity index (χ4v) is 6.17. The van der Waals surface area contributed by atoms with Gasteiger partial charge in [0.05, 0.1) is 23.6 Å². The summed E-state index contributed by atoms with van der Waals surface area (Å²) in [6, 6.07) is 9.62. The van der Waals surface area contributed by atoms with Crippen LogP contribution in [0.2, 0.25) is 0 Å². The number of anilines is 1. The van der Waals surface area contributed by atoms with E-state index in [1.807, 2.05) is 31.2 Å². The molecular formula is C27H34N2O3. The highest BCUT2D eigenvalue weighted by Gasteiger charge is 2.51. The number of hydrogen-bond donors (Lipinski definition) is 2. The molecule has 2 aliphatic carbocycles. The van der Waals surface area contributed by atoms with E-state index in [9.17, 15) is 9.90 Å². The Hall–Kier alpha value is -2.40. The average molecular weight is 435 g/mol. The van der Waals surface area contributed by atoms with Crippen molar-refractivity contribution < 1.29 is 14.6 Å². The number of fused-ring (bicyclic) bond motifs is 3. The molecule has 5 heteroatoms. The standard InChI is InChI=1S/C27H34N2O3/c1-3-27-12-11-26(31,16-19-6-7-19)17-21(27)10-14-32-24-15-20(8-9-22(24)27)25(30)29-23-5-4-13-28-18(23)2/h4-5,8-9,13,15,19,21,31H,3,6-7,10-12,14,16-17H2,1-2H3,(H,29,30)/t21-,26-,27+/m0/s1. The summed E-state index contributed by atoms with van der Waals surface area (Å²) in [6.07, 6.45) is 9.91. The Labute approximate surface area is 190 Å². The van der Waals surface area contributed by atoms with Crippen LogP contribution in [0.5, 0.6) is 5.75 Å². The van der Waals surface area contributed by atoms with Crippen LogP contribution in [0.3, 0.4) is 0 Å². The van der Waals surface area contributed by atoms with E-state index in [1.165, 1.54) is 18.4 Å². The third kappa shape index (κ3) is 3.92. The van der Waals surface area contributed by atoms with Gasteiger partial charge in [-0.25, -0.2) is 0 Å². The van der Waals surface area contributed by atoms with E-state index in [-0.39, 0.29) is 11.3 Å². The summed E-state index contributed by atoms with van der Waals surface area (Å²) in [7, 11) is 0. The molecule has 0 spiro atoms. The van der Waals surface area contributed by atoms with Crippen LogP contribution in [0.25, 0.3) is 0 Å². The number of aliphatic hydroxyl groups is 1. The number of rotatable bonds is 5. The SMILES string of the molecule is CC[C@@]12CC[C@](O)(CC3CC3)C[C@@H]1CCOc1cc(C(=O)Nc3cccnc3C)ccc12. The van der Waals surface area contributed by atoms with E-state index >= 15 is 0 Å². The van der Waals surface area contributed by atoms with Crippen molar-refractivity contribution in [2.75, 3.05) is 11.9 Å². The molecule has 1 aliphatic heterocycles. The van der Waals surface area contributed by atoms with Crippen molar-refractivity contribution in [3.05, 3.63) is 53.3 Å². The van der Waals surface area contributed by atoms with Gasteiger partial charge in [0.1, 0.15) is 5.75 Å². The normalized spacial score (nSPS) is 29.3. The monoisotopic (exact) mass is 434 g/mol. The molecule has 0 unspecified atom stereocenters.